The summed E-state index contributed by atoms with van der Waals surface area (Å²) in [6.45, 7) is 0. The number of nitrogens with two attached hydrogens (primary N) is 1. The van der Waals surface area contributed by atoms with Gasteiger partial charge in [-0.2, -0.15) is 4.98 Å². The lowest BCUT2D eigenvalue weighted by Crippen LogP contribution is -2.10. The zero-order valence-electron chi connectivity index (χ0n) is 9.37. The summed E-state index contributed by atoms with van der Waals surface area (Å²) in [6, 6.07) is 5.86. The number of hydrogen-bond donors (Lipinski definition) is 3. The first-order valence-corrected chi connectivity index (χ1v) is 7.12. The van der Waals surface area contributed by atoms with Crippen LogP contribution in [0, 0.1) is 3.57 Å². The molecule has 2 aromatic heterocycles. The van der Waals surface area contributed by atoms with Gasteiger partial charge >= 0.3 is 0 Å². The predicted molar refractivity (Wildman–Crippen MR) is 84.8 cm³/mol. The molecular formula is C11H7BrIN5O. The van der Waals surface area contributed by atoms with Crippen LogP contribution >= 0.6 is 38.5 Å². The fourth-order valence-corrected chi connectivity index (χ4v) is 2.66. The molecule has 96 valence electrons. The Kier molecular flexibility index (Phi) is 3.05. The van der Waals surface area contributed by atoms with Crippen molar-refractivity contribution >= 4 is 55.6 Å². The van der Waals surface area contributed by atoms with Crippen LogP contribution in [0.1, 0.15) is 0 Å². The van der Waals surface area contributed by atoms with E-state index in [0.29, 0.717) is 17.0 Å². The number of fused-ring (bicyclic) bond motifs is 1. The normalized spacial score (nSPS) is 11.1. The number of nitrogens with zero attached hydrogens (tertiary/aromatic N) is 2. The molecule has 0 unspecified atom stereocenters. The SMILES string of the molecule is Nc1nc2nc(-c3cc(I)ccc3Br)[nH]c2c(=O)[nH]1. The maximum Gasteiger partial charge on any atom is 0.278 e. The highest BCUT2D eigenvalue weighted by atomic mass is 127. The molecule has 0 aliphatic rings. The summed E-state index contributed by atoms with van der Waals surface area (Å²) in [5, 5.41) is 0. The van der Waals surface area contributed by atoms with Crippen molar-refractivity contribution in [3.8, 4) is 11.4 Å². The van der Waals surface area contributed by atoms with Gasteiger partial charge in [-0.05, 0) is 40.8 Å². The molecule has 0 aliphatic heterocycles. The van der Waals surface area contributed by atoms with Crippen molar-refractivity contribution in [1.82, 2.24) is 19.9 Å². The zero-order chi connectivity index (χ0) is 13.6. The van der Waals surface area contributed by atoms with E-state index < -0.39 is 0 Å². The number of imidazole rings is 1. The molecule has 1 aromatic carbocycles. The van der Waals surface area contributed by atoms with Gasteiger partial charge in [-0.25, -0.2) is 4.98 Å². The van der Waals surface area contributed by atoms with Gasteiger partial charge in [-0.15, -0.1) is 0 Å². The second kappa shape index (κ2) is 4.60. The topological polar surface area (TPSA) is 100 Å². The predicted octanol–water partition coefficient (Wildman–Crippen LogP) is 2.26. The lowest BCUT2D eigenvalue weighted by Gasteiger charge is -2.00. The molecule has 8 heteroatoms. The maximum absolute atomic E-state index is 11.7. The van der Waals surface area contributed by atoms with Gasteiger partial charge in [0.2, 0.25) is 5.95 Å². The molecule has 0 atom stereocenters. The minimum Gasteiger partial charge on any atom is -0.369 e. The van der Waals surface area contributed by atoms with Crippen molar-refractivity contribution in [3.63, 3.8) is 0 Å². The van der Waals surface area contributed by atoms with Crippen LogP contribution in [0.4, 0.5) is 5.95 Å². The second-order valence-corrected chi connectivity index (χ2v) is 5.96. The van der Waals surface area contributed by atoms with E-state index in [0.717, 1.165) is 13.6 Å². The van der Waals surface area contributed by atoms with Crippen LogP contribution in [0.2, 0.25) is 0 Å². The standard InChI is InChI=1S/C11H7BrIN5O/c12-6-2-1-4(13)3-5(6)8-15-7-9(16-8)17-11(14)18-10(7)19/h1-3H,(H4,14,15,16,17,18,19). The van der Waals surface area contributed by atoms with Crippen molar-refractivity contribution in [1.29, 1.82) is 0 Å². The number of benzene rings is 1. The van der Waals surface area contributed by atoms with E-state index in [2.05, 4.69) is 58.5 Å². The van der Waals surface area contributed by atoms with Crippen LogP contribution in [0.15, 0.2) is 27.5 Å². The smallest absolute Gasteiger partial charge is 0.278 e. The van der Waals surface area contributed by atoms with Crippen molar-refractivity contribution in [2.24, 2.45) is 0 Å². The number of anilines is 1. The molecule has 19 heavy (non-hydrogen) atoms. The summed E-state index contributed by atoms with van der Waals surface area (Å²) in [5.74, 6) is 0.626. The molecule has 4 N–H and O–H groups in total. The van der Waals surface area contributed by atoms with Crippen molar-refractivity contribution in [3.05, 3.63) is 36.6 Å². The van der Waals surface area contributed by atoms with Gasteiger partial charge in [0.25, 0.3) is 5.56 Å². The van der Waals surface area contributed by atoms with Crippen LogP contribution in [0.3, 0.4) is 0 Å². The summed E-state index contributed by atoms with van der Waals surface area (Å²) in [5.41, 5.74) is 6.65. The summed E-state index contributed by atoms with van der Waals surface area (Å²) < 4.78 is 1.95. The Morgan fingerprint density at radius 1 is 1.26 bits per heavy atom. The summed E-state index contributed by atoms with van der Waals surface area (Å²) in [6.07, 6.45) is 0. The molecule has 3 rings (SSSR count). The van der Waals surface area contributed by atoms with Crippen LogP contribution < -0.4 is 11.3 Å². The second-order valence-electron chi connectivity index (χ2n) is 3.86. The molecule has 0 aliphatic carbocycles. The van der Waals surface area contributed by atoms with Crippen molar-refractivity contribution in [2.45, 2.75) is 0 Å². The van der Waals surface area contributed by atoms with Gasteiger partial charge in [0.1, 0.15) is 5.82 Å². The number of hydrogen-bond acceptors (Lipinski definition) is 4. The number of nitrogens with one attached hydrogen (secondary N) is 2. The third kappa shape index (κ3) is 2.25. The summed E-state index contributed by atoms with van der Waals surface area (Å²) in [4.78, 5) is 25.4. The van der Waals surface area contributed by atoms with E-state index in [4.69, 9.17) is 5.73 Å². The zero-order valence-corrected chi connectivity index (χ0v) is 13.1. The molecule has 3 aromatic rings. The minimum atomic E-state index is -0.331. The minimum absolute atomic E-state index is 0.0530. The Morgan fingerprint density at radius 3 is 2.84 bits per heavy atom. The van der Waals surface area contributed by atoms with Crippen molar-refractivity contribution in [2.75, 3.05) is 5.73 Å². The first-order chi connectivity index (χ1) is 9.04. The Labute approximate surface area is 129 Å². The molecule has 0 radical (unpaired) electrons. The largest absolute Gasteiger partial charge is 0.369 e. The lowest BCUT2D eigenvalue weighted by molar-refractivity contribution is 1.17. The van der Waals surface area contributed by atoms with Crippen LogP contribution in [-0.4, -0.2) is 19.9 Å². The number of aromatic amines is 2. The van der Waals surface area contributed by atoms with Gasteiger partial charge in [0.05, 0.1) is 0 Å². The first-order valence-electron chi connectivity index (χ1n) is 5.25. The monoisotopic (exact) mass is 431 g/mol. The third-order valence-electron chi connectivity index (χ3n) is 2.56. The summed E-state index contributed by atoms with van der Waals surface area (Å²) in [7, 11) is 0. The van der Waals surface area contributed by atoms with E-state index >= 15 is 0 Å². The third-order valence-corrected chi connectivity index (χ3v) is 3.93. The number of nitrogen functional groups attached to an aromatic ring is 1. The molecule has 2 heterocycles. The van der Waals surface area contributed by atoms with E-state index in [-0.39, 0.29) is 11.5 Å². The van der Waals surface area contributed by atoms with Crippen LogP contribution in [-0.2, 0) is 0 Å². The Hall–Kier alpha value is -1.42. The highest BCUT2D eigenvalue weighted by Crippen LogP contribution is 2.28. The molecule has 0 fully saturated rings. The summed E-state index contributed by atoms with van der Waals surface area (Å²) >= 11 is 5.68. The maximum atomic E-state index is 11.7. The van der Waals surface area contributed by atoms with Gasteiger partial charge in [-0.1, -0.05) is 15.9 Å². The number of halogens is 2. The van der Waals surface area contributed by atoms with Crippen LogP contribution in [0.25, 0.3) is 22.6 Å². The van der Waals surface area contributed by atoms with Gasteiger partial charge < -0.3 is 10.7 Å². The first kappa shape index (κ1) is 12.6. The fourth-order valence-electron chi connectivity index (χ4n) is 1.73. The lowest BCUT2D eigenvalue weighted by atomic mass is 10.2. The fraction of sp³-hybridized carbons (Fsp3) is 0. The number of rotatable bonds is 1. The molecule has 0 spiro atoms. The molecule has 0 amide bonds. The quantitative estimate of drug-likeness (QED) is 0.514. The van der Waals surface area contributed by atoms with E-state index in [1.165, 1.54) is 0 Å². The molecule has 0 bridgehead atoms. The van der Waals surface area contributed by atoms with Gasteiger partial charge in [-0.3, -0.25) is 9.78 Å². The highest BCUT2D eigenvalue weighted by molar-refractivity contribution is 14.1. The van der Waals surface area contributed by atoms with E-state index in [1.54, 1.807) is 0 Å². The molecular weight excluding hydrogens is 425 g/mol. The van der Waals surface area contributed by atoms with Crippen molar-refractivity contribution < 1.29 is 0 Å². The molecule has 0 saturated heterocycles. The van der Waals surface area contributed by atoms with Gasteiger partial charge in [0, 0.05) is 13.6 Å². The average molecular weight is 432 g/mol. The Balaban J connectivity index is 2.29. The Bertz CT molecular complexity index is 841. The van der Waals surface area contributed by atoms with Crippen LogP contribution in [0.5, 0.6) is 0 Å². The highest BCUT2D eigenvalue weighted by Gasteiger charge is 2.12. The molecule has 0 saturated carbocycles. The number of H-pyrrole nitrogens is 2. The van der Waals surface area contributed by atoms with E-state index in [9.17, 15) is 4.79 Å². The average Bonchev–Trinajstić information content (AvgIpc) is 2.76. The van der Waals surface area contributed by atoms with E-state index in [1.807, 2.05) is 18.2 Å². The number of aromatic nitrogens is 4. The van der Waals surface area contributed by atoms with Gasteiger partial charge in [0.15, 0.2) is 11.2 Å². The molecule has 6 nitrogen and oxygen atoms in total. The Morgan fingerprint density at radius 2 is 2.05 bits per heavy atom.